The maximum Gasteiger partial charge on any atom is 0.358 e. The fourth-order valence-electron chi connectivity index (χ4n) is 1.68. The van der Waals surface area contributed by atoms with Gasteiger partial charge in [-0.3, -0.25) is 0 Å². The van der Waals surface area contributed by atoms with Gasteiger partial charge in [0, 0.05) is 0 Å². The number of carbonyl (C=O) groups is 1. The first-order valence-electron chi connectivity index (χ1n) is 5.85. The Kier molecular flexibility index (Phi) is 3.46. The van der Waals surface area contributed by atoms with Crippen molar-refractivity contribution in [1.29, 1.82) is 0 Å². The molecule has 0 atom stereocenters. The molecule has 0 amide bonds. The van der Waals surface area contributed by atoms with Gasteiger partial charge in [0.2, 0.25) is 5.89 Å². The van der Waals surface area contributed by atoms with Gasteiger partial charge in [-0.2, -0.15) is 0 Å². The Balaban J connectivity index is 2.44. The molecule has 3 N–H and O–H groups in total. The summed E-state index contributed by atoms with van der Waals surface area (Å²) in [5.74, 6) is -1.06. The molecule has 0 aliphatic heterocycles. The quantitative estimate of drug-likeness (QED) is 0.860. The first-order chi connectivity index (χ1) is 9.02. The molecule has 0 saturated carbocycles. The minimum absolute atomic E-state index is 0.150. The highest BCUT2D eigenvalue weighted by atomic mass is 16.4. The predicted molar refractivity (Wildman–Crippen MR) is 67.6 cm³/mol. The molecular weight excluding hydrogens is 248 g/mol. The van der Waals surface area contributed by atoms with Gasteiger partial charge in [0.25, 0.3) is 0 Å². The van der Waals surface area contributed by atoms with Crippen molar-refractivity contribution >= 4 is 11.8 Å². The molecule has 0 unspecified atom stereocenters. The number of carboxylic acids is 1. The van der Waals surface area contributed by atoms with Crippen LogP contribution in [0.5, 0.6) is 0 Å². The van der Waals surface area contributed by atoms with E-state index in [0.717, 1.165) is 18.5 Å². The van der Waals surface area contributed by atoms with E-state index in [0.29, 0.717) is 17.3 Å². The Bertz CT molecular complexity index is 621. The number of aryl methyl sites for hydroxylation is 2. The zero-order valence-corrected chi connectivity index (χ0v) is 10.7. The van der Waals surface area contributed by atoms with Crippen molar-refractivity contribution in [1.82, 2.24) is 15.0 Å². The molecule has 2 aromatic rings. The van der Waals surface area contributed by atoms with Crippen LogP contribution in [0.4, 0.5) is 5.82 Å². The molecule has 0 aliphatic rings. The van der Waals surface area contributed by atoms with Crippen LogP contribution in [0.2, 0.25) is 0 Å². The Morgan fingerprint density at radius 2 is 2.16 bits per heavy atom. The zero-order chi connectivity index (χ0) is 14.0. The number of nitrogen functional groups attached to an aromatic ring is 1. The van der Waals surface area contributed by atoms with Gasteiger partial charge in [0.05, 0.1) is 11.4 Å². The number of anilines is 1. The SMILES string of the molecule is CCCc1coc(-c2nc(N)c(C(=O)O)nc2C)n1. The number of nitrogens with two attached hydrogens (primary N) is 1. The molecule has 0 spiro atoms. The van der Waals surface area contributed by atoms with Crippen molar-refractivity contribution in [2.45, 2.75) is 26.7 Å². The number of hydrogen-bond donors (Lipinski definition) is 2. The van der Waals surface area contributed by atoms with Gasteiger partial charge in [-0.25, -0.2) is 19.7 Å². The third kappa shape index (κ3) is 2.54. The van der Waals surface area contributed by atoms with E-state index in [9.17, 15) is 4.79 Å². The molecule has 0 radical (unpaired) electrons. The Hall–Kier alpha value is -2.44. The highest BCUT2D eigenvalue weighted by Crippen LogP contribution is 2.22. The van der Waals surface area contributed by atoms with E-state index in [1.54, 1.807) is 13.2 Å². The van der Waals surface area contributed by atoms with Crippen LogP contribution in [0.25, 0.3) is 11.6 Å². The molecule has 19 heavy (non-hydrogen) atoms. The first-order valence-corrected chi connectivity index (χ1v) is 5.85. The zero-order valence-electron chi connectivity index (χ0n) is 10.7. The maximum atomic E-state index is 10.9. The predicted octanol–water partition coefficient (Wildman–Crippen LogP) is 1.67. The number of aromatic carboxylic acids is 1. The third-order valence-electron chi connectivity index (χ3n) is 2.56. The smallest absolute Gasteiger partial charge is 0.358 e. The van der Waals surface area contributed by atoms with Crippen LogP contribution < -0.4 is 5.73 Å². The first kappa shape index (κ1) is 13.0. The van der Waals surface area contributed by atoms with Gasteiger partial charge in [-0.1, -0.05) is 13.3 Å². The van der Waals surface area contributed by atoms with Gasteiger partial charge in [-0.05, 0) is 13.3 Å². The van der Waals surface area contributed by atoms with Crippen LogP contribution in [0.15, 0.2) is 10.7 Å². The molecule has 0 aromatic carbocycles. The Morgan fingerprint density at radius 1 is 1.42 bits per heavy atom. The van der Waals surface area contributed by atoms with E-state index in [2.05, 4.69) is 15.0 Å². The molecule has 7 heteroatoms. The summed E-state index contributed by atoms with van der Waals surface area (Å²) in [6.07, 6.45) is 3.32. The molecule has 2 rings (SSSR count). The minimum Gasteiger partial charge on any atom is -0.476 e. The van der Waals surface area contributed by atoms with Crippen molar-refractivity contribution in [3.05, 3.63) is 23.3 Å². The number of hydrogen-bond acceptors (Lipinski definition) is 6. The summed E-state index contributed by atoms with van der Waals surface area (Å²) in [6, 6.07) is 0. The summed E-state index contributed by atoms with van der Waals surface area (Å²) >= 11 is 0. The van der Waals surface area contributed by atoms with E-state index in [1.165, 1.54) is 0 Å². The molecule has 7 nitrogen and oxygen atoms in total. The lowest BCUT2D eigenvalue weighted by Crippen LogP contribution is -2.10. The fraction of sp³-hybridized carbons (Fsp3) is 0.333. The molecule has 2 heterocycles. The topological polar surface area (TPSA) is 115 Å². The van der Waals surface area contributed by atoms with Crippen molar-refractivity contribution in [3.8, 4) is 11.6 Å². The van der Waals surface area contributed by atoms with Gasteiger partial charge < -0.3 is 15.3 Å². The highest BCUT2D eigenvalue weighted by Gasteiger charge is 2.18. The van der Waals surface area contributed by atoms with E-state index >= 15 is 0 Å². The van der Waals surface area contributed by atoms with Crippen molar-refractivity contribution in [3.63, 3.8) is 0 Å². The van der Waals surface area contributed by atoms with Gasteiger partial charge in [0.1, 0.15) is 12.0 Å². The molecular formula is C12H14N4O3. The summed E-state index contributed by atoms with van der Waals surface area (Å²) < 4.78 is 5.32. The number of oxazole rings is 1. The summed E-state index contributed by atoms with van der Waals surface area (Å²) in [4.78, 5) is 23.1. The van der Waals surface area contributed by atoms with Crippen LogP contribution in [-0.4, -0.2) is 26.0 Å². The number of aromatic nitrogens is 3. The van der Waals surface area contributed by atoms with Gasteiger partial charge >= 0.3 is 5.97 Å². The fourth-order valence-corrected chi connectivity index (χ4v) is 1.68. The van der Waals surface area contributed by atoms with Crippen molar-refractivity contribution in [2.24, 2.45) is 0 Å². The van der Waals surface area contributed by atoms with Crippen LogP contribution >= 0.6 is 0 Å². The second-order valence-electron chi connectivity index (χ2n) is 4.09. The minimum atomic E-state index is -1.21. The average molecular weight is 262 g/mol. The summed E-state index contributed by atoms with van der Waals surface area (Å²) in [7, 11) is 0. The van der Waals surface area contributed by atoms with Crippen LogP contribution in [0, 0.1) is 6.92 Å². The lowest BCUT2D eigenvalue weighted by Gasteiger charge is -2.04. The maximum absolute atomic E-state index is 10.9. The summed E-state index contributed by atoms with van der Waals surface area (Å²) in [5, 5.41) is 8.90. The lowest BCUT2D eigenvalue weighted by atomic mass is 10.2. The Morgan fingerprint density at radius 3 is 2.79 bits per heavy atom. The summed E-state index contributed by atoms with van der Waals surface area (Å²) in [5.41, 5.74) is 6.91. The van der Waals surface area contributed by atoms with E-state index in [1.807, 2.05) is 6.92 Å². The van der Waals surface area contributed by atoms with Crippen LogP contribution in [0.3, 0.4) is 0 Å². The monoisotopic (exact) mass is 262 g/mol. The van der Waals surface area contributed by atoms with Crippen LogP contribution in [0.1, 0.15) is 35.2 Å². The van der Waals surface area contributed by atoms with Crippen molar-refractivity contribution in [2.75, 3.05) is 5.73 Å². The molecule has 2 aromatic heterocycles. The third-order valence-corrected chi connectivity index (χ3v) is 2.56. The largest absolute Gasteiger partial charge is 0.476 e. The van der Waals surface area contributed by atoms with Crippen LogP contribution in [-0.2, 0) is 6.42 Å². The average Bonchev–Trinajstić information content (AvgIpc) is 2.80. The molecule has 0 aliphatic carbocycles. The lowest BCUT2D eigenvalue weighted by molar-refractivity contribution is 0.0691. The number of carboxylic acid groups (broad SMARTS) is 1. The molecule has 0 saturated heterocycles. The highest BCUT2D eigenvalue weighted by molar-refractivity contribution is 5.90. The van der Waals surface area contributed by atoms with E-state index < -0.39 is 5.97 Å². The second-order valence-corrected chi connectivity index (χ2v) is 4.09. The Labute approximate surface area is 109 Å². The molecule has 100 valence electrons. The standard InChI is InChI=1S/C12H14N4O3/c1-3-4-7-5-19-11(15-7)8-6(2)14-9(12(17)18)10(13)16-8/h5H,3-4H2,1-2H3,(H2,13,16)(H,17,18). The number of rotatable bonds is 4. The second kappa shape index (κ2) is 5.05. The number of nitrogens with zero attached hydrogens (tertiary/aromatic N) is 3. The molecule has 0 bridgehead atoms. The van der Waals surface area contributed by atoms with Crippen molar-refractivity contribution < 1.29 is 14.3 Å². The van der Waals surface area contributed by atoms with E-state index in [4.69, 9.17) is 15.3 Å². The summed E-state index contributed by atoms with van der Waals surface area (Å²) in [6.45, 7) is 3.68. The molecule has 0 fully saturated rings. The van der Waals surface area contributed by atoms with E-state index in [-0.39, 0.29) is 11.5 Å². The normalized spacial score (nSPS) is 10.6. The van der Waals surface area contributed by atoms with Gasteiger partial charge in [-0.15, -0.1) is 0 Å². The van der Waals surface area contributed by atoms with Gasteiger partial charge in [0.15, 0.2) is 11.5 Å².